The maximum atomic E-state index is 12.8. The van der Waals surface area contributed by atoms with Crippen molar-refractivity contribution in [1.29, 1.82) is 0 Å². The van der Waals surface area contributed by atoms with Crippen LogP contribution in [0.25, 0.3) is 0 Å². The van der Waals surface area contributed by atoms with Crippen molar-refractivity contribution in [2.75, 3.05) is 11.4 Å². The average Bonchev–Trinajstić information content (AvgIpc) is 2.45. The van der Waals surface area contributed by atoms with Crippen LogP contribution >= 0.6 is 0 Å². The molecule has 1 aliphatic heterocycles. The molecule has 0 bridgehead atoms. The standard InChI is InChI=1S/C15H14F3N3/c1-10-3-2-5-19-14(10)21-6-4-13-11(9-21)7-12(8-20-13)15(16,17)18/h2-3,5,7-8H,4,6,9H2,1H3. The topological polar surface area (TPSA) is 29.0 Å². The van der Waals surface area contributed by atoms with Crippen molar-refractivity contribution in [3.63, 3.8) is 0 Å². The van der Waals surface area contributed by atoms with E-state index in [2.05, 4.69) is 9.97 Å². The second kappa shape index (κ2) is 5.02. The number of nitrogens with zero attached hydrogens (tertiary/aromatic N) is 3. The lowest BCUT2D eigenvalue weighted by Crippen LogP contribution is -2.32. The van der Waals surface area contributed by atoms with Gasteiger partial charge in [-0.1, -0.05) is 6.07 Å². The fraction of sp³-hybridized carbons (Fsp3) is 0.333. The fourth-order valence-corrected chi connectivity index (χ4v) is 2.57. The zero-order chi connectivity index (χ0) is 15.0. The number of hydrogen-bond acceptors (Lipinski definition) is 3. The molecule has 0 N–H and O–H groups in total. The Morgan fingerprint density at radius 2 is 2.05 bits per heavy atom. The van der Waals surface area contributed by atoms with Gasteiger partial charge in [0.2, 0.25) is 0 Å². The van der Waals surface area contributed by atoms with Gasteiger partial charge in [-0.05, 0) is 30.2 Å². The third kappa shape index (κ3) is 2.70. The van der Waals surface area contributed by atoms with Crippen LogP contribution in [0.2, 0.25) is 0 Å². The molecule has 110 valence electrons. The van der Waals surface area contributed by atoms with Crippen LogP contribution in [0.5, 0.6) is 0 Å². The summed E-state index contributed by atoms with van der Waals surface area (Å²) in [4.78, 5) is 10.3. The van der Waals surface area contributed by atoms with Crippen molar-refractivity contribution in [3.05, 3.63) is 53.0 Å². The monoisotopic (exact) mass is 293 g/mol. The molecule has 0 spiro atoms. The van der Waals surface area contributed by atoms with Gasteiger partial charge in [0.15, 0.2) is 0 Å². The van der Waals surface area contributed by atoms with Gasteiger partial charge in [0, 0.05) is 37.6 Å². The minimum absolute atomic E-state index is 0.407. The van der Waals surface area contributed by atoms with E-state index in [1.165, 1.54) is 6.07 Å². The minimum atomic E-state index is -4.36. The van der Waals surface area contributed by atoms with Crippen molar-refractivity contribution < 1.29 is 13.2 Å². The Kier molecular flexibility index (Phi) is 3.31. The summed E-state index contributed by atoms with van der Waals surface area (Å²) in [6.07, 6.45) is -1.11. The minimum Gasteiger partial charge on any atom is -0.352 e. The number of rotatable bonds is 1. The van der Waals surface area contributed by atoms with Gasteiger partial charge in [-0.2, -0.15) is 13.2 Å². The van der Waals surface area contributed by atoms with E-state index in [4.69, 9.17) is 0 Å². The summed E-state index contributed by atoms with van der Waals surface area (Å²) in [5.41, 5.74) is 1.69. The molecule has 1 aliphatic rings. The average molecular weight is 293 g/mol. The SMILES string of the molecule is Cc1cccnc1N1CCc2ncc(C(F)(F)F)cc2C1. The Morgan fingerprint density at radius 3 is 2.76 bits per heavy atom. The van der Waals surface area contributed by atoms with Crippen molar-refractivity contribution in [2.24, 2.45) is 0 Å². The highest BCUT2D eigenvalue weighted by Crippen LogP contribution is 2.32. The van der Waals surface area contributed by atoms with Gasteiger partial charge in [-0.15, -0.1) is 0 Å². The maximum Gasteiger partial charge on any atom is 0.417 e. The number of pyridine rings is 2. The molecule has 6 heteroatoms. The summed E-state index contributed by atoms with van der Waals surface area (Å²) in [6.45, 7) is 3.07. The molecule has 0 aromatic carbocycles. The molecule has 0 amide bonds. The number of halogens is 3. The Labute approximate surface area is 120 Å². The van der Waals surface area contributed by atoms with Gasteiger partial charge in [-0.3, -0.25) is 4.98 Å². The summed E-state index contributed by atoms with van der Waals surface area (Å²) in [6, 6.07) is 5.00. The van der Waals surface area contributed by atoms with E-state index < -0.39 is 11.7 Å². The first kappa shape index (κ1) is 13.9. The van der Waals surface area contributed by atoms with Crippen LogP contribution in [0.3, 0.4) is 0 Å². The van der Waals surface area contributed by atoms with Crippen molar-refractivity contribution >= 4 is 5.82 Å². The van der Waals surface area contributed by atoms with Gasteiger partial charge < -0.3 is 4.90 Å². The first-order valence-electron chi connectivity index (χ1n) is 6.67. The van der Waals surface area contributed by atoms with E-state index in [1.807, 2.05) is 24.0 Å². The maximum absolute atomic E-state index is 12.8. The number of aryl methyl sites for hydroxylation is 1. The number of alkyl halides is 3. The van der Waals surface area contributed by atoms with E-state index in [1.54, 1.807) is 6.20 Å². The molecule has 3 nitrogen and oxygen atoms in total. The molecule has 0 fully saturated rings. The van der Waals surface area contributed by atoms with Crippen LogP contribution in [-0.2, 0) is 19.1 Å². The molecule has 0 aliphatic carbocycles. The molecule has 2 aromatic rings. The van der Waals surface area contributed by atoms with Crippen molar-refractivity contribution in [1.82, 2.24) is 9.97 Å². The zero-order valence-corrected chi connectivity index (χ0v) is 11.5. The molecule has 21 heavy (non-hydrogen) atoms. The van der Waals surface area contributed by atoms with E-state index >= 15 is 0 Å². The Bertz CT molecular complexity index is 667. The lowest BCUT2D eigenvalue weighted by atomic mass is 10.0. The van der Waals surface area contributed by atoms with Gasteiger partial charge >= 0.3 is 6.18 Å². The summed E-state index contributed by atoms with van der Waals surface area (Å²) >= 11 is 0. The normalized spacial score (nSPS) is 15.0. The summed E-state index contributed by atoms with van der Waals surface area (Å²) in [5.74, 6) is 0.820. The Balaban J connectivity index is 1.93. The highest BCUT2D eigenvalue weighted by molar-refractivity contribution is 5.48. The van der Waals surface area contributed by atoms with Gasteiger partial charge in [0.05, 0.1) is 5.56 Å². The van der Waals surface area contributed by atoms with Crippen LogP contribution in [0.4, 0.5) is 19.0 Å². The molecule has 0 saturated heterocycles. The second-order valence-electron chi connectivity index (χ2n) is 5.14. The van der Waals surface area contributed by atoms with Crippen LogP contribution in [0, 0.1) is 6.92 Å². The summed E-state index contributed by atoms with van der Waals surface area (Å²) in [5, 5.41) is 0. The Hall–Kier alpha value is -2.11. The molecule has 0 unspecified atom stereocenters. The number of hydrogen-bond donors (Lipinski definition) is 0. The summed E-state index contributed by atoms with van der Waals surface area (Å²) in [7, 11) is 0. The lowest BCUT2D eigenvalue weighted by Gasteiger charge is -2.30. The summed E-state index contributed by atoms with van der Waals surface area (Å²) < 4.78 is 38.3. The van der Waals surface area contributed by atoms with Crippen LogP contribution in [0.15, 0.2) is 30.6 Å². The van der Waals surface area contributed by atoms with E-state index in [-0.39, 0.29) is 0 Å². The molecule has 0 saturated carbocycles. The Morgan fingerprint density at radius 1 is 1.24 bits per heavy atom. The molecule has 0 radical (unpaired) electrons. The van der Waals surface area contributed by atoms with E-state index in [9.17, 15) is 13.2 Å². The fourth-order valence-electron chi connectivity index (χ4n) is 2.57. The van der Waals surface area contributed by atoms with Crippen LogP contribution in [-0.4, -0.2) is 16.5 Å². The number of aromatic nitrogens is 2. The quantitative estimate of drug-likeness (QED) is 0.807. The molecule has 3 rings (SSSR count). The van der Waals surface area contributed by atoms with Crippen molar-refractivity contribution in [2.45, 2.75) is 26.1 Å². The van der Waals surface area contributed by atoms with Crippen LogP contribution < -0.4 is 4.90 Å². The van der Waals surface area contributed by atoms with Gasteiger partial charge in [0.25, 0.3) is 0 Å². The van der Waals surface area contributed by atoms with Crippen molar-refractivity contribution in [3.8, 4) is 0 Å². The van der Waals surface area contributed by atoms with Gasteiger partial charge in [-0.25, -0.2) is 4.98 Å². The van der Waals surface area contributed by atoms with Gasteiger partial charge in [0.1, 0.15) is 5.82 Å². The predicted molar refractivity (Wildman–Crippen MR) is 73.0 cm³/mol. The third-order valence-electron chi connectivity index (χ3n) is 3.65. The second-order valence-corrected chi connectivity index (χ2v) is 5.14. The molecule has 3 heterocycles. The number of fused-ring (bicyclic) bond motifs is 1. The molecule has 0 atom stereocenters. The first-order chi connectivity index (χ1) is 9.95. The molecular weight excluding hydrogens is 279 g/mol. The molecule has 2 aromatic heterocycles. The highest BCUT2D eigenvalue weighted by atomic mass is 19.4. The highest BCUT2D eigenvalue weighted by Gasteiger charge is 2.32. The zero-order valence-electron chi connectivity index (χ0n) is 11.5. The van der Waals surface area contributed by atoms with E-state index in [0.717, 1.165) is 23.3 Å². The van der Waals surface area contributed by atoms with E-state index in [0.29, 0.717) is 25.1 Å². The number of anilines is 1. The molecular formula is C15H14F3N3. The first-order valence-corrected chi connectivity index (χ1v) is 6.67. The predicted octanol–water partition coefficient (Wildman–Crippen LogP) is 3.37. The van der Waals surface area contributed by atoms with Crippen LogP contribution in [0.1, 0.15) is 22.4 Å². The lowest BCUT2D eigenvalue weighted by molar-refractivity contribution is -0.137. The third-order valence-corrected chi connectivity index (χ3v) is 3.65. The largest absolute Gasteiger partial charge is 0.417 e. The smallest absolute Gasteiger partial charge is 0.352 e.